The van der Waals surface area contributed by atoms with Gasteiger partial charge in [0.15, 0.2) is 5.16 Å². The molecule has 0 unspecified atom stereocenters. The maximum absolute atomic E-state index is 11.5. The van der Waals surface area contributed by atoms with Crippen LogP contribution < -0.4 is 11.1 Å². The summed E-state index contributed by atoms with van der Waals surface area (Å²) in [6, 6.07) is 0. The number of nitrogen functional groups attached to an aromatic ring is 1. The second kappa shape index (κ2) is 5.55. The van der Waals surface area contributed by atoms with Crippen LogP contribution in [-0.4, -0.2) is 28.7 Å². The minimum absolute atomic E-state index is 0.220. The van der Waals surface area contributed by atoms with E-state index in [9.17, 15) is 4.79 Å². The Bertz CT molecular complexity index is 356. The van der Waals surface area contributed by atoms with Crippen LogP contribution in [0.15, 0.2) is 11.4 Å². The zero-order chi connectivity index (χ0) is 11.3. The highest BCUT2D eigenvalue weighted by Gasteiger charge is 2.11. The van der Waals surface area contributed by atoms with E-state index in [1.807, 2.05) is 13.2 Å². The van der Waals surface area contributed by atoms with Crippen molar-refractivity contribution in [1.29, 1.82) is 0 Å². The van der Waals surface area contributed by atoms with E-state index in [0.717, 1.165) is 6.42 Å². The van der Waals surface area contributed by atoms with Gasteiger partial charge in [-0.1, -0.05) is 18.7 Å². The molecule has 5 nitrogen and oxygen atoms in total. The van der Waals surface area contributed by atoms with Gasteiger partial charge in [-0.2, -0.15) is 0 Å². The number of carbonyl (C=O) groups is 1. The number of aromatic nitrogens is 2. The Kier molecular flexibility index (Phi) is 4.36. The standard InChI is InChI=1S/C9H14N4OS/c1-3-4-11-8(14)6-5-12-9(15-2)13-7(6)10/h5H,3-4H2,1-2H3,(H,11,14)(H2,10,12,13). The highest BCUT2D eigenvalue weighted by Crippen LogP contribution is 2.13. The van der Waals surface area contributed by atoms with Crippen molar-refractivity contribution >= 4 is 23.5 Å². The van der Waals surface area contributed by atoms with Crippen molar-refractivity contribution in [2.24, 2.45) is 0 Å². The first kappa shape index (κ1) is 11.8. The summed E-state index contributed by atoms with van der Waals surface area (Å²) in [7, 11) is 0. The molecule has 1 aromatic heterocycles. The Hall–Kier alpha value is -1.30. The molecule has 1 aromatic rings. The van der Waals surface area contributed by atoms with Crippen LogP contribution in [0.5, 0.6) is 0 Å². The van der Waals surface area contributed by atoms with E-state index in [4.69, 9.17) is 5.73 Å². The zero-order valence-electron chi connectivity index (χ0n) is 8.78. The van der Waals surface area contributed by atoms with Gasteiger partial charge < -0.3 is 11.1 Å². The predicted molar refractivity (Wildman–Crippen MR) is 60.8 cm³/mol. The lowest BCUT2D eigenvalue weighted by atomic mass is 10.3. The van der Waals surface area contributed by atoms with Gasteiger partial charge >= 0.3 is 0 Å². The van der Waals surface area contributed by atoms with Gasteiger partial charge in [-0.3, -0.25) is 4.79 Å². The van der Waals surface area contributed by atoms with E-state index < -0.39 is 0 Å². The Balaban J connectivity index is 2.81. The van der Waals surface area contributed by atoms with Crippen molar-refractivity contribution in [1.82, 2.24) is 15.3 Å². The van der Waals surface area contributed by atoms with Gasteiger partial charge in [0.1, 0.15) is 5.82 Å². The highest BCUT2D eigenvalue weighted by atomic mass is 32.2. The maximum atomic E-state index is 11.5. The first-order chi connectivity index (χ1) is 7.19. The number of nitrogens with one attached hydrogen (secondary N) is 1. The van der Waals surface area contributed by atoms with Crippen LogP contribution >= 0.6 is 11.8 Å². The van der Waals surface area contributed by atoms with Crippen LogP contribution in [0, 0.1) is 0 Å². The quantitative estimate of drug-likeness (QED) is 0.589. The monoisotopic (exact) mass is 226 g/mol. The van der Waals surface area contributed by atoms with E-state index in [0.29, 0.717) is 17.3 Å². The third-order valence-corrected chi connectivity index (χ3v) is 2.32. The summed E-state index contributed by atoms with van der Waals surface area (Å²) in [5, 5.41) is 3.29. The summed E-state index contributed by atoms with van der Waals surface area (Å²) in [6.45, 7) is 2.61. The maximum Gasteiger partial charge on any atom is 0.256 e. The lowest BCUT2D eigenvalue weighted by Gasteiger charge is -2.05. The molecule has 0 bridgehead atoms. The van der Waals surface area contributed by atoms with Crippen LogP contribution in [0.4, 0.5) is 5.82 Å². The fourth-order valence-electron chi connectivity index (χ4n) is 0.985. The van der Waals surface area contributed by atoms with Gasteiger partial charge in [-0.05, 0) is 12.7 Å². The summed E-state index contributed by atoms with van der Waals surface area (Å²) in [6.07, 6.45) is 4.19. The van der Waals surface area contributed by atoms with E-state index in [-0.39, 0.29) is 11.7 Å². The number of nitrogens with zero attached hydrogens (tertiary/aromatic N) is 2. The summed E-state index contributed by atoms with van der Waals surface area (Å²) in [4.78, 5) is 19.5. The number of rotatable bonds is 4. The fraction of sp³-hybridized carbons (Fsp3) is 0.444. The van der Waals surface area contributed by atoms with E-state index in [1.165, 1.54) is 18.0 Å². The molecule has 0 radical (unpaired) electrons. The lowest BCUT2D eigenvalue weighted by Crippen LogP contribution is -2.25. The SMILES string of the molecule is CCCNC(=O)c1cnc(SC)nc1N. The average molecular weight is 226 g/mol. The van der Waals surface area contributed by atoms with Crippen LogP contribution in [0.25, 0.3) is 0 Å². The second-order valence-electron chi connectivity index (χ2n) is 2.91. The number of anilines is 1. The molecule has 0 saturated heterocycles. The summed E-state index contributed by atoms with van der Waals surface area (Å²) < 4.78 is 0. The predicted octanol–water partition coefficient (Wildman–Crippen LogP) is 0.921. The summed E-state index contributed by atoms with van der Waals surface area (Å²) in [5.41, 5.74) is 5.98. The first-order valence-corrected chi connectivity index (χ1v) is 5.86. The molecule has 0 fully saturated rings. The number of carbonyl (C=O) groups excluding carboxylic acids is 1. The van der Waals surface area contributed by atoms with Crippen molar-refractivity contribution in [2.45, 2.75) is 18.5 Å². The van der Waals surface area contributed by atoms with Crippen LogP contribution in [0.2, 0.25) is 0 Å². The van der Waals surface area contributed by atoms with E-state index in [2.05, 4.69) is 15.3 Å². The van der Waals surface area contributed by atoms with Crippen molar-refractivity contribution in [3.63, 3.8) is 0 Å². The normalized spacial score (nSPS) is 10.0. The van der Waals surface area contributed by atoms with Gasteiger partial charge in [0, 0.05) is 12.7 Å². The van der Waals surface area contributed by atoms with Crippen molar-refractivity contribution in [3.05, 3.63) is 11.8 Å². The Morgan fingerprint density at radius 1 is 1.67 bits per heavy atom. The molecule has 1 amide bonds. The van der Waals surface area contributed by atoms with Crippen LogP contribution in [0.3, 0.4) is 0 Å². The summed E-state index contributed by atoms with van der Waals surface area (Å²) in [5.74, 6) is 0.00459. The van der Waals surface area contributed by atoms with Crippen LogP contribution in [0.1, 0.15) is 23.7 Å². The number of hydrogen-bond donors (Lipinski definition) is 2. The number of amides is 1. The third kappa shape index (κ3) is 3.09. The van der Waals surface area contributed by atoms with Gasteiger partial charge in [-0.15, -0.1) is 0 Å². The Labute approximate surface area is 92.9 Å². The Morgan fingerprint density at radius 3 is 2.93 bits per heavy atom. The second-order valence-corrected chi connectivity index (χ2v) is 3.68. The Morgan fingerprint density at radius 2 is 2.40 bits per heavy atom. The molecule has 0 aliphatic carbocycles. The molecule has 0 aliphatic rings. The minimum Gasteiger partial charge on any atom is -0.383 e. The van der Waals surface area contributed by atoms with Crippen LogP contribution in [-0.2, 0) is 0 Å². The highest BCUT2D eigenvalue weighted by molar-refractivity contribution is 7.98. The minimum atomic E-state index is -0.220. The smallest absolute Gasteiger partial charge is 0.256 e. The molecule has 3 N–H and O–H groups in total. The number of thioether (sulfide) groups is 1. The van der Waals surface area contributed by atoms with Crippen molar-refractivity contribution < 1.29 is 4.79 Å². The third-order valence-electron chi connectivity index (χ3n) is 1.76. The van der Waals surface area contributed by atoms with Gasteiger partial charge in [0.25, 0.3) is 5.91 Å². The molecule has 0 saturated carbocycles. The topological polar surface area (TPSA) is 80.9 Å². The van der Waals surface area contributed by atoms with E-state index >= 15 is 0 Å². The largest absolute Gasteiger partial charge is 0.383 e. The molecule has 0 atom stereocenters. The summed E-state index contributed by atoms with van der Waals surface area (Å²) >= 11 is 1.39. The zero-order valence-corrected chi connectivity index (χ0v) is 9.60. The molecule has 1 heterocycles. The molecule has 0 spiro atoms. The number of nitrogens with two attached hydrogens (primary N) is 1. The lowest BCUT2D eigenvalue weighted by molar-refractivity contribution is 0.0953. The molecular weight excluding hydrogens is 212 g/mol. The molecular formula is C9H14N4OS. The molecule has 1 rings (SSSR count). The van der Waals surface area contributed by atoms with Gasteiger partial charge in [0.2, 0.25) is 0 Å². The van der Waals surface area contributed by atoms with Gasteiger partial charge in [0.05, 0.1) is 5.56 Å². The fourth-order valence-corrected chi connectivity index (χ4v) is 1.33. The molecule has 6 heteroatoms. The number of hydrogen-bond acceptors (Lipinski definition) is 5. The van der Waals surface area contributed by atoms with Crippen molar-refractivity contribution in [3.8, 4) is 0 Å². The molecule has 15 heavy (non-hydrogen) atoms. The molecule has 82 valence electrons. The first-order valence-electron chi connectivity index (χ1n) is 4.63. The van der Waals surface area contributed by atoms with Gasteiger partial charge in [-0.25, -0.2) is 9.97 Å². The molecule has 0 aromatic carbocycles. The van der Waals surface area contributed by atoms with E-state index in [1.54, 1.807) is 0 Å². The van der Waals surface area contributed by atoms with Crippen molar-refractivity contribution in [2.75, 3.05) is 18.5 Å². The molecule has 0 aliphatic heterocycles. The average Bonchev–Trinajstić information content (AvgIpc) is 2.25.